The van der Waals surface area contributed by atoms with E-state index in [4.69, 9.17) is 0 Å². The zero-order chi connectivity index (χ0) is 18.4. The number of fused-ring (bicyclic) bond motifs is 1. The number of hydrogen-bond acceptors (Lipinski definition) is 6. The summed E-state index contributed by atoms with van der Waals surface area (Å²) in [5.74, 6) is -1.50. The van der Waals surface area contributed by atoms with Crippen molar-refractivity contribution >= 4 is 27.4 Å². The molecule has 0 bridgehead atoms. The van der Waals surface area contributed by atoms with E-state index in [1.807, 2.05) is 0 Å². The van der Waals surface area contributed by atoms with Crippen LogP contribution in [-0.2, 0) is 16.0 Å². The molecule has 0 unspecified atom stereocenters. The van der Waals surface area contributed by atoms with Gasteiger partial charge in [-0.05, 0) is 25.1 Å². The summed E-state index contributed by atoms with van der Waals surface area (Å²) in [6, 6.07) is 7.75. The van der Waals surface area contributed by atoms with Gasteiger partial charge in [-0.25, -0.2) is 13.4 Å². The van der Waals surface area contributed by atoms with Gasteiger partial charge >= 0.3 is 6.18 Å². The van der Waals surface area contributed by atoms with Gasteiger partial charge in [0.2, 0.25) is 0 Å². The number of sulfone groups is 1. The van der Waals surface area contributed by atoms with Crippen molar-refractivity contribution in [1.29, 1.82) is 0 Å². The van der Waals surface area contributed by atoms with E-state index in [1.165, 1.54) is 12.1 Å². The van der Waals surface area contributed by atoms with Crippen LogP contribution in [0.15, 0.2) is 45.1 Å². The summed E-state index contributed by atoms with van der Waals surface area (Å²) in [4.78, 5) is 7.80. The highest BCUT2D eigenvalue weighted by atomic mass is 32.2. The first-order valence-corrected chi connectivity index (χ1v) is 9.55. The second-order valence-electron chi connectivity index (χ2n) is 5.20. The quantitative estimate of drug-likeness (QED) is 0.642. The van der Waals surface area contributed by atoms with Gasteiger partial charge in [0.25, 0.3) is 11.6 Å². The maximum atomic E-state index is 12.9. The molecule has 1 aromatic carbocycles. The van der Waals surface area contributed by atoms with Crippen molar-refractivity contribution in [1.82, 2.24) is 19.6 Å². The van der Waals surface area contributed by atoms with E-state index in [0.29, 0.717) is 10.6 Å². The Balaban J connectivity index is 2.16. The van der Waals surface area contributed by atoms with Crippen LogP contribution in [0.3, 0.4) is 0 Å². The average molecular weight is 388 g/mol. The van der Waals surface area contributed by atoms with Crippen LogP contribution in [0.5, 0.6) is 0 Å². The maximum Gasteiger partial charge on any atom is 0.453 e. The van der Waals surface area contributed by atoms with Crippen LogP contribution >= 0.6 is 11.8 Å². The highest BCUT2D eigenvalue weighted by Gasteiger charge is 2.37. The predicted molar refractivity (Wildman–Crippen MR) is 84.2 cm³/mol. The van der Waals surface area contributed by atoms with Crippen molar-refractivity contribution in [3.63, 3.8) is 0 Å². The first-order chi connectivity index (χ1) is 11.6. The number of alkyl halides is 3. The number of rotatable bonds is 3. The van der Waals surface area contributed by atoms with Crippen LogP contribution in [0.4, 0.5) is 13.2 Å². The molecule has 6 nitrogen and oxygen atoms in total. The van der Waals surface area contributed by atoms with Crippen molar-refractivity contribution < 1.29 is 21.6 Å². The third-order valence-corrected chi connectivity index (χ3v) is 5.48. The third kappa shape index (κ3) is 3.61. The molecule has 0 saturated heterocycles. The molecule has 0 amide bonds. The normalized spacial score (nSPS) is 12.7. The molecule has 25 heavy (non-hydrogen) atoms. The van der Waals surface area contributed by atoms with E-state index >= 15 is 0 Å². The molecule has 132 valence electrons. The zero-order valence-corrected chi connectivity index (χ0v) is 14.6. The first kappa shape index (κ1) is 17.7. The van der Waals surface area contributed by atoms with E-state index in [2.05, 4.69) is 15.1 Å². The van der Waals surface area contributed by atoms with E-state index < -0.39 is 21.8 Å². The highest BCUT2D eigenvalue weighted by molar-refractivity contribution is 8.00. The molecule has 0 aliphatic carbocycles. The fourth-order valence-electron chi connectivity index (χ4n) is 2.10. The minimum absolute atomic E-state index is 0.0822. The third-order valence-electron chi connectivity index (χ3n) is 3.12. The van der Waals surface area contributed by atoms with Gasteiger partial charge in [-0.3, -0.25) is 0 Å². The number of halogens is 3. The molecule has 0 aliphatic heterocycles. The van der Waals surface area contributed by atoms with Crippen molar-refractivity contribution in [3.8, 4) is 0 Å². The van der Waals surface area contributed by atoms with Gasteiger partial charge in [-0.1, -0.05) is 23.9 Å². The molecule has 0 aliphatic rings. The molecule has 0 spiro atoms. The summed E-state index contributed by atoms with van der Waals surface area (Å²) in [6.07, 6.45) is -3.63. The van der Waals surface area contributed by atoms with Gasteiger partial charge in [-0.2, -0.15) is 22.7 Å². The Hall–Kier alpha value is -2.14. The summed E-state index contributed by atoms with van der Waals surface area (Å²) in [7, 11) is -3.50. The SMILES string of the molecule is Cc1cc(Sc2ccccc2S(C)(=O)=O)n2nc(C(F)(F)F)nc2n1. The van der Waals surface area contributed by atoms with Gasteiger partial charge in [0.05, 0.1) is 4.90 Å². The van der Waals surface area contributed by atoms with E-state index in [0.717, 1.165) is 22.5 Å². The first-order valence-electron chi connectivity index (χ1n) is 6.84. The van der Waals surface area contributed by atoms with E-state index in [9.17, 15) is 21.6 Å². The standard InChI is InChI=1S/C14H11F3N4O2S2/c1-8-7-11(21-13(18-8)19-12(20-21)14(15,16)17)24-9-5-3-4-6-10(9)25(2,22)23/h3-7H,1-2H3. The van der Waals surface area contributed by atoms with E-state index in [-0.39, 0.29) is 15.7 Å². The molecule has 0 atom stereocenters. The van der Waals surface area contributed by atoms with Crippen LogP contribution in [-0.4, -0.2) is 34.3 Å². The minimum Gasteiger partial charge on any atom is -0.224 e. The Morgan fingerprint density at radius 3 is 2.48 bits per heavy atom. The fraction of sp³-hybridized carbons (Fsp3) is 0.214. The highest BCUT2D eigenvalue weighted by Crippen LogP contribution is 2.34. The molecular weight excluding hydrogens is 377 g/mol. The number of aryl methyl sites for hydroxylation is 1. The predicted octanol–water partition coefficient (Wildman–Crippen LogP) is 3.01. The summed E-state index contributed by atoms with van der Waals surface area (Å²) < 4.78 is 63.3. The van der Waals surface area contributed by atoms with Gasteiger partial charge in [0.15, 0.2) is 9.84 Å². The lowest BCUT2D eigenvalue weighted by atomic mass is 10.4. The average Bonchev–Trinajstić information content (AvgIpc) is 2.91. The van der Waals surface area contributed by atoms with Crippen LogP contribution in [0.2, 0.25) is 0 Å². The Kier molecular flexibility index (Phi) is 4.23. The van der Waals surface area contributed by atoms with Crippen LogP contribution in [0.1, 0.15) is 11.5 Å². The summed E-state index contributed by atoms with van der Waals surface area (Å²) in [5, 5.41) is 3.74. The Morgan fingerprint density at radius 1 is 1.16 bits per heavy atom. The smallest absolute Gasteiger partial charge is 0.224 e. The number of hydrogen-bond donors (Lipinski definition) is 0. The Labute approximate surface area is 145 Å². The minimum atomic E-state index is -4.70. The molecule has 0 N–H and O–H groups in total. The zero-order valence-electron chi connectivity index (χ0n) is 12.9. The van der Waals surface area contributed by atoms with Crippen LogP contribution in [0, 0.1) is 6.92 Å². The molecule has 2 aromatic heterocycles. The lowest BCUT2D eigenvalue weighted by Crippen LogP contribution is -2.07. The fourth-order valence-corrected chi connectivity index (χ4v) is 4.42. The molecule has 11 heteroatoms. The number of benzene rings is 1. The van der Waals surface area contributed by atoms with Crippen molar-refractivity contribution in [2.75, 3.05) is 6.26 Å². The Morgan fingerprint density at radius 2 is 1.84 bits per heavy atom. The summed E-state index contributed by atoms with van der Waals surface area (Å²) in [6.45, 7) is 1.61. The Bertz CT molecular complexity index is 1060. The van der Waals surface area contributed by atoms with Crippen LogP contribution < -0.4 is 0 Å². The largest absolute Gasteiger partial charge is 0.453 e. The van der Waals surface area contributed by atoms with E-state index in [1.54, 1.807) is 25.1 Å². The lowest BCUT2D eigenvalue weighted by molar-refractivity contribution is -0.144. The van der Waals surface area contributed by atoms with Crippen molar-refractivity contribution in [2.45, 2.75) is 27.9 Å². The second-order valence-corrected chi connectivity index (χ2v) is 8.25. The second kappa shape index (κ2) is 5.99. The van der Waals surface area contributed by atoms with Gasteiger partial charge < -0.3 is 0 Å². The topological polar surface area (TPSA) is 77.2 Å². The molecule has 0 fully saturated rings. The molecule has 3 rings (SSSR count). The molecule has 2 heterocycles. The monoisotopic (exact) mass is 388 g/mol. The maximum absolute atomic E-state index is 12.9. The molecule has 3 aromatic rings. The van der Waals surface area contributed by atoms with Gasteiger partial charge in [0.1, 0.15) is 5.03 Å². The van der Waals surface area contributed by atoms with Crippen molar-refractivity contribution in [3.05, 3.63) is 41.9 Å². The molecular formula is C14H11F3N4O2S2. The number of nitrogens with zero attached hydrogens (tertiary/aromatic N) is 4. The summed E-state index contributed by atoms with van der Waals surface area (Å²) in [5.41, 5.74) is 0.438. The van der Waals surface area contributed by atoms with Gasteiger partial charge in [-0.15, -0.1) is 5.10 Å². The van der Waals surface area contributed by atoms with Crippen LogP contribution in [0.25, 0.3) is 5.78 Å². The van der Waals surface area contributed by atoms with Gasteiger partial charge in [0, 0.05) is 16.8 Å². The van der Waals surface area contributed by atoms with Crippen molar-refractivity contribution in [2.24, 2.45) is 0 Å². The molecule has 0 saturated carbocycles. The summed E-state index contributed by atoms with van der Waals surface area (Å²) >= 11 is 0.983. The molecule has 0 radical (unpaired) electrons. The number of aromatic nitrogens is 4. The lowest BCUT2D eigenvalue weighted by Gasteiger charge is -2.08.